The summed E-state index contributed by atoms with van der Waals surface area (Å²) in [5, 5.41) is 21.7. The summed E-state index contributed by atoms with van der Waals surface area (Å²) in [7, 11) is 1.82. The van der Waals surface area contributed by atoms with E-state index in [1.807, 2.05) is 31.4 Å². The molecule has 9 nitrogen and oxygen atoms in total. The molecule has 0 spiro atoms. The molecule has 0 aliphatic carbocycles. The number of hydrogen-bond donors (Lipinski definition) is 2. The maximum Gasteiger partial charge on any atom is 0.411 e. The van der Waals surface area contributed by atoms with Crippen molar-refractivity contribution in [3.63, 3.8) is 0 Å². The molecule has 1 aromatic carbocycles. The predicted octanol–water partition coefficient (Wildman–Crippen LogP) is 2.43. The quantitative estimate of drug-likeness (QED) is 0.589. The second-order valence-corrected chi connectivity index (χ2v) is 8.21. The Kier molecular flexibility index (Phi) is 6.65. The first-order valence-corrected chi connectivity index (χ1v) is 10.9. The van der Waals surface area contributed by atoms with E-state index in [0.29, 0.717) is 30.3 Å². The molecule has 3 aromatic rings. The van der Waals surface area contributed by atoms with Crippen LogP contribution < -0.4 is 15.6 Å². The minimum atomic E-state index is -0.965. The lowest BCUT2D eigenvalue weighted by atomic mass is 9.94. The van der Waals surface area contributed by atoms with Crippen LogP contribution in [0.5, 0.6) is 0 Å². The number of carboxylic acid groups (broad SMARTS) is 1. The van der Waals surface area contributed by atoms with Crippen molar-refractivity contribution in [3.8, 4) is 5.69 Å². The molecule has 4 rings (SSSR count). The van der Waals surface area contributed by atoms with E-state index < -0.39 is 6.09 Å². The molecular weight excluding hydrogens is 408 g/mol. The van der Waals surface area contributed by atoms with Gasteiger partial charge in [-0.15, -0.1) is 0 Å². The van der Waals surface area contributed by atoms with E-state index in [1.165, 1.54) is 11.0 Å². The van der Waals surface area contributed by atoms with E-state index in [-0.39, 0.29) is 5.43 Å². The lowest BCUT2D eigenvalue weighted by Crippen LogP contribution is -2.34. The molecule has 1 aliphatic rings. The minimum absolute atomic E-state index is 0.156. The lowest BCUT2D eigenvalue weighted by Gasteiger charge is -2.26. The highest BCUT2D eigenvalue weighted by Gasteiger charge is 2.19. The van der Waals surface area contributed by atoms with Crippen LogP contribution in [0.15, 0.2) is 53.7 Å². The fourth-order valence-electron chi connectivity index (χ4n) is 4.08. The number of benzene rings is 1. The average molecular weight is 437 g/mol. The van der Waals surface area contributed by atoms with Gasteiger partial charge in [0.1, 0.15) is 11.4 Å². The summed E-state index contributed by atoms with van der Waals surface area (Å²) in [5.41, 5.74) is 2.45. The van der Waals surface area contributed by atoms with Crippen LogP contribution in [-0.4, -0.2) is 50.4 Å². The van der Waals surface area contributed by atoms with Gasteiger partial charge < -0.3 is 10.4 Å². The van der Waals surface area contributed by atoms with Gasteiger partial charge in [0.05, 0.1) is 12.4 Å². The highest BCUT2D eigenvalue weighted by Crippen LogP contribution is 2.22. The van der Waals surface area contributed by atoms with E-state index in [2.05, 4.69) is 15.5 Å². The summed E-state index contributed by atoms with van der Waals surface area (Å²) >= 11 is 0. The second-order valence-electron chi connectivity index (χ2n) is 8.21. The Labute approximate surface area is 186 Å². The lowest BCUT2D eigenvalue weighted by molar-refractivity contribution is 0.201. The van der Waals surface area contributed by atoms with Crippen LogP contribution in [0.25, 0.3) is 5.69 Å². The molecule has 1 amide bonds. The Hall–Kier alpha value is -3.46. The third-order valence-corrected chi connectivity index (χ3v) is 5.88. The highest BCUT2D eigenvalue weighted by molar-refractivity contribution is 5.86. The van der Waals surface area contributed by atoms with E-state index in [4.69, 9.17) is 0 Å². The zero-order valence-electron chi connectivity index (χ0n) is 18.1. The first-order valence-electron chi connectivity index (χ1n) is 10.9. The molecule has 0 bridgehead atoms. The molecule has 168 valence electrons. The van der Waals surface area contributed by atoms with Gasteiger partial charge in [-0.3, -0.25) is 14.4 Å². The third-order valence-electron chi connectivity index (χ3n) is 5.88. The number of nitrogens with one attached hydrogen (secondary N) is 1. The molecule has 32 heavy (non-hydrogen) atoms. The molecule has 3 heterocycles. The molecule has 1 fully saturated rings. The van der Waals surface area contributed by atoms with Gasteiger partial charge in [0.2, 0.25) is 5.43 Å². The van der Waals surface area contributed by atoms with Gasteiger partial charge in [-0.1, -0.05) is 12.1 Å². The molecular formula is C23H28N6O3. The smallest absolute Gasteiger partial charge is 0.411 e. The summed E-state index contributed by atoms with van der Waals surface area (Å²) in [6, 6.07) is 8.83. The van der Waals surface area contributed by atoms with Crippen molar-refractivity contribution in [1.29, 1.82) is 0 Å². The number of carbonyl (C=O) groups is 1. The van der Waals surface area contributed by atoms with Crippen LogP contribution in [0, 0.1) is 5.92 Å². The van der Waals surface area contributed by atoms with Crippen LogP contribution in [-0.2, 0) is 13.5 Å². The largest absolute Gasteiger partial charge is 0.465 e. The Morgan fingerprint density at radius 3 is 2.81 bits per heavy atom. The molecule has 2 aromatic heterocycles. The molecule has 2 N–H and O–H groups in total. The maximum atomic E-state index is 12.4. The first kappa shape index (κ1) is 21.8. The number of nitrogens with zero attached hydrogens (tertiary/aromatic N) is 5. The molecule has 0 radical (unpaired) electrons. The topological polar surface area (TPSA) is 105 Å². The number of rotatable bonds is 7. The number of aromatic nitrogens is 4. The fraction of sp³-hybridized carbons (Fsp3) is 0.391. The maximum absolute atomic E-state index is 12.4. The fourth-order valence-corrected chi connectivity index (χ4v) is 4.08. The Balaban J connectivity index is 1.52. The van der Waals surface area contributed by atoms with Crippen molar-refractivity contribution in [2.45, 2.75) is 25.7 Å². The number of hydrogen-bond acceptors (Lipinski definition) is 5. The summed E-state index contributed by atoms with van der Waals surface area (Å²) in [5.74, 6) is 0.542. The Morgan fingerprint density at radius 1 is 1.28 bits per heavy atom. The van der Waals surface area contributed by atoms with Crippen LogP contribution in [0.1, 0.15) is 30.5 Å². The van der Waals surface area contributed by atoms with E-state index in [9.17, 15) is 14.7 Å². The SMILES string of the molecule is Cn1cc(-n2ccc(=O)c(Cc3cccc(N(CCC4CCNCC4)C(=O)O)c3)n2)cn1. The first-order chi connectivity index (χ1) is 15.5. The zero-order valence-corrected chi connectivity index (χ0v) is 18.1. The van der Waals surface area contributed by atoms with Crippen molar-refractivity contribution < 1.29 is 9.90 Å². The summed E-state index contributed by atoms with van der Waals surface area (Å²) < 4.78 is 3.29. The number of piperidine rings is 1. The number of anilines is 1. The van der Waals surface area contributed by atoms with E-state index >= 15 is 0 Å². The normalized spacial score (nSPS) is 14.4. The Morgan fingerprint density at radius 2 is 2.09 bits per heavy atom. The van der Waals surface area contributed by atoms with Gasteiger partial charge >= 0.3 is 6.09 Å². The van der Waals surface area contributed by atoms with Crippen molar-refractivity contribution in [1.82, 2.24) is 24.9 Å². The van der Waals surface area contributed by atoms with Gasteiger partial charge in [0.15, 0.2) is 0 Å². The van der Waals surface area contributed by atoms with Crippen molar-refractivity contribution in [2.24, 2.45) is 13.0 Å². The molecule has 0 saturated carbocycles. The summed E-state index contributed by atoms with van der Waals surface area (Å²) in [4.78, 5) is 25.8. The molecule has 1 saturated heterocycles. The van der Waals surface area contributed by atoms with Crippen LogP contribution in [0.3, 0.4) is 0 Å². The number of amides is 1. The Bertz CT molecular complexity index is 1130. The minimum Gasteiger partial charge on any atom is -0.465 e. The van der Waals surface area contributed by atoms with E-state index in [0.717, 1.165) is 43.6 Å². The third kappa shape index (κ3) is 5.23. The molecule has 0 unspecified atom stereocenters. The van der Waals surface area contributed by atoms with Gasteiger partial charge in [-0.05, 0) is 56.0 Å². The van der Waals surface area contributed by atoms with Gasteiger partial charge in [0.25, 0.3) is 0 Å². The standard InChI is InChI=1S/C23H28N6O3/c1-27-16-20(15-25-27)29-12-8-22(30)21(26-29)14-18-3-2-4-19(13-18)28(23(31)32)11-7-17-5-9-24-10-6-17/h2-4,8,12-13,15-17,24H,5-7,9-11,14H2,1H3,(H,31,32). The van der Waals surface area contributed by atoms with Crippen LogP contribution in [0.2, 0.25) is 0 Å². The predicted molar refractivity (Wildman–Crippen MR) is 121 cm³/mol. The van der Waals surface area contributed by atoms with Gasteiger partial charge in [0, 0.05) is 38.0 Å². The molecule has 1 aliphatic heterocycles. The monoisotopic (exact) mass is 436 g/mol. The second kappa shape index (κ2) is 9.78. The van der Waals surface area contributed by atoms with Gasteiger partial charge in [-0.25, -0.2) is 9.48 Å². The van der Waals surface area contributed by atoms with E-state index in [1.54, 1.807) is 27.8 Å². The van der Waals surface area contributed by atoms with Crippen molar-refractivity contribution in [3.05, 3.63) is 70.4 Å². The molecule has 0 atom stereocenters. The van der Waals surface area contributed by atoms with Gasteiger partial charge in [-0.2, -0.15) is 10.2 Å². The summed E-state index contributed by atoms with van der Waals surface area (Å²) in [6.07, 6.45) is 7.46. The molecule has 9 heteroatoms. The average Bonchev–Trinajstić information content (AvgIpc) is 3.22. The van der Waals surface area contributed by atoms with Crippen molar-refractivity contribution >= 4 is 11.8 Å². The van der Waals surface area contributed by atoms with Crippen LogP contribution in [0.4, 0.5) is 10.5 Å². The highest BCUT2D eigenvalue weighted by atomic mass is 16.4. The van der Waals surface area contributed by atoms with Crippen molar-refractivity contribution in [2.75, 3.05) is 24.5 Å². The zero-order chi connectivity index (χ0) is 22.5. The number of aryl methyl sites for hydroxylation is 1. The van der Waals surface area contributed by atoms with Crippen LogP contribution >= 0.6 is 0 Å². The summed E-state index contributed by atoms with van der Waals surface area (Å²) in [6.45, 7) is 2.45.